The van der Waals surface area contributed by atoms with Crippen molar-refractivity contribution in [3.63, 3.8) is 0 Å². The van der Waals surface area contributed by atoms with E-state index in [-0.39, 0.29) is 30.8 Å². The van der Waals surface area contributed by atoms with Crippen LogP contribution in [-0.4, -0.2) is 71.4 Å². The Hall–Kier alpha value is -3.42. The molecular formula is C21H40N8O6. The third kappa shape index (κ3) is 12.0. The molecule has 0 spiro atoms. The molecule has 0 aromatic heterocycles. The van der Waals surface area contributed by atoms with Gasteiger partial charge in [-0.05, 0) is 24.7 Å². The molecule has 0 heterocycles. The second-order valence-corrected chi connectivity index (χ2v) is 8.73. The molecule has 35 heavy (non-hydrogen) atoms. The van der Waals surface area contributed by atoms with Crippen molar-refractivity contribution in [3.05, 3.63) is 0 Å². The van der Waals surface area contributed by atoms with Crippen molar-refractivity contribution in [1.82, 2.24) is 16.0 Å². The van der Waals surface area contributed by atoms with Crippen molar-refractivity contribution in [1.29, 1.82) is 0 Å². The van der Waals surface area contributed by atoms with Crippen LogP contribution in [0, 0.1) is 11.8 Å². The first-order valence-electron chi connectivity index (χ1n) is 11.4. The van der Waals surface area contributed by atoms with E-state index < -0.39 is 60.2 Å². The van der Waals surface area contributed by atoms with Crippen molar-refractivity contribution in [2.24, 2.45) is 39.8 Å². The molecule has 0 fully saturated rings. The standard InChI is InChI=1S/C21H40N8O6/c1-5-11(4)16(19(33)27-13(20(34)35)7-6-8-26-21(24)25)29-18(32)15(10(2)3)28-17(31)12(22)9-14(23)30/h10-13,15-16H,5-9,22H2,1-4H3,(H2,23,30)(H,27,33)(H,28,31)(H,29,32)(H,34,35)(H4,24,25,26). The minimum atomic E-state index is -1.24. The number of guanidine groups is 1. The van der Waals surface area contributed by atoms with Crippen LogP contribution in [0.3, 0.4) is 0 Å². The molecule has 5 atom stereocenters. The van der Waals surface area contributed by atoms with Gasteiger partial charge in [-0.2, -0.15) is 0 Å². The van der Waals surface area contributed by atoms with Gasteiger partial charge in [0.1, 0.15) is 18.1 Å². The Morgan fingerprint density at radius 3 is 1.89 bits per heavy atom. The molecule has 0 bridgehead atoms. The van der Waals surface area contributed by atoms with E-state index in [0.29, 0.717) is 12.8 Å². The van der Waals surface area contributed by atoms with Gasteiger partial charge in [0, 0.05) is 6.54 Å². The number of carboxylic acid groups (broad SMARTS) is 1. The Kier molecular flexibility index (Phi) is 14.0. The third-order valence-electron chi connectivity index (χ3n) is 5.36. The van der Waals surface area contributed by atoms with Gasteiger partial charge in [0.05, 0.1) is 12.5 Å². The summed E-state index contributed by atoms with van der Waals surface area (Å²) in [5.74, 6) is -4.94. The van der Waals surface area contributed by atoms with E-state index in [4.69, 9.17) is 22.9 Å². The molecule has 5 unspecified atom stereocenters. The molecule has 14 nitrogen and oxygen atoms in total. The predicted octanol–water partition coefficient (Wildman–Crippen LogP) is -2.52. The number of aliphatic imine (C=N–C) groups is 1. The van der Waals surface area contributed by atoms with Crippen molar-refractivity contribution in [3.8, 4) is 0 Å². The first kappa shape index (κ1) is 31.6. The van der Waals surface area contributed by atoms with E-state index in [1.165, 1.54) is 0 Å². The third-order valence-corrected chi connectivity index (χ3v) is 5.36. The summed E-state index contributed by atoms with van der Waals surface area (Å²) in [6.07, 6.45) is 0.489. The van der Waals surface area contributed by atoms with Gasteiger partial charge in [-0.1, -0.05) is 34.1 Å². The number of hydrogen-bond donors (Lipinski definition) is 8. The Labute approximate surface area is 205 Å². The monoisotopic (exact) mass is 500 g/mol. The average molecular weight is 501 g/mol. The molecule has 0 aliphatic rings. The van der Waals surface area contributed by atoms with Crippen molar-refractivity contribution in [2.45, 2.75) is 77.5 Å². The molecule has 0 saturated heterocycles. The number of hydrogen-bond acceptors (Lipinski definition) is 7. The molecule has 0 radical (unpaired) electrons. The Morgan fingerprint density at radius 2 is 1.43 bits per heavy atom. The quantitative estimate of drug-likeness (QED) is 0.0631. The molecule has 0 aromatic rings. The lowest BCUT2D eigenvalue weighted by Gasteiger charge is -2.29. The molecule has 12 N–H and O–H groups in total. The summed E-state index contributed by atoms with van der Waals surface area (Å²) < 4.78 is 0. The molecule has 14 heteroatoms. The maximum atomic E-state index is 13.0. The van der Waals surface area contributed by atoms with E-state index in [1.807, 2.05) is 6.92 Å². The molecule has 0 aromatic carbocycles. The fraction of sp³-hybridized carbons (Fsp3) is 0.714. The molecule has 200 valence electrons. The van der Waals surface area contributed by atoms with E-state index in [0.717, 1.165) is 0 Å². The van der Waals surface area contributed by atoms with Crippen LogP contribution in [-0.2, 0) is 24.0 Å². The number of amides is 4. The van der Waals surface area contributed by atoms with Gasteiger partial charge in [-0.25, -0.2) is 4.79 Å². The summed E-state index contributed by atoms with van der Waals surface area (Å²) in [5.41, 5.74) is 21.2. The normalized spacial score (nSPS) is 15.1. The van der Waals surface area contributed by atoms with Crippen LogP contribution in [0.2, 0.25) is 0 Å². The van der Waals surface area contributed by atoms with Gasteiger partial charge in [-0.3, -0.25) is 24.2 Å². The van der Waals surface area contributed by atoms with E-state index >= 15 is 0 Å². The number of carboxylic acids is 1. The summed E-state index contributed by atoms with van der Waals surface area (Å²) in [6.45, 7) is 7.09. The highest BCUT2D eigenvalue weighted by Gasteiger charge is 2.33. The number of nitrogens with two attached hydrogens (primary N) is 4. The van der Waals surface area contributed by atoms with Gasteiger partial charge in [-0.15, -0.1) is 0 Å². The molecule has 0 aliphatic carbocycles. The summed E-state index contributed by atoms with van der Waals surface area (Å²) in [5, 5.41) is 17.0. The second kappa shape index (κ2) is 15.5. The topological polar surface area (TPSA) is 258 Å². The van der Waals surface area contributed by atoms with Gasteiger partial charge >= 0.3 is 5.97 Å². The minimum absolute atomic E-state index is 0.0709. The van der Waals surface area contributed by atoms with E-state index in [9.17, 15) is 29.1 Å². The molecule has 0 saturated carbocycles. The number of primary amides is 1. The summed E-state index contributed by atoms with van der Waals surface area (Å²) in [7, 11) is 0. The molecule has 4 amide bonds. The van der Waals surface area contributed by atoms with Crippen LogP contribution in [0.1, 0.15) is 53.4 Å². The zero-order valence-corrected chi connectivity index (χ0v) is 20.7. The van der Waals surface area contributed by atoms with Gasteiger partial charge < -0.3 is 44.0 Å². The summed E-state index contributed by atoms with van der Waals surface area (Å²) >= 11 is 0. The highest BCUT2D eigenvalue weighted by molar-refractivity contribution is 5.95. The van der Waals surface area contributed by atoms with Crippen molar-refractivity contribution < 1.29 is 29.1 Å². The lowest BCUT2D eigenvalue weighted by Crippen LogP contribution is -2.60. The highest BCUT2D eigenvalue weighted by Crippen LogP contribution is 2.11. The van der Waals surface area contributed by atoms with Crippen molar-refractivity contribution >= 4 is 35.6 Å². The number of carbonyl (C=O) groups excluding carboxylic acids is 4. The molecular weight excluding hydrogens is 460 g/mol. The summed E-state index contributed by atoms with van der Waals surface area (Å²) in [6, 6.07) is -4.57. The van der Waals surface area contributed by atoms with Crippen LogP contribution in [0.15, 0.2) is 4.99 Å². The lowest BCUT2D eigenvalue weighted by molar-refractivity contribution is -0.143. The number of nitrogens with one attached hydrogen (secondary N) is 3. The van der Waals surface area contributed by atoms with Crippen LogP contribution in [0.5, 0.6) is 0 Å². The van der Waals surface area contributed by atoms with Gasteiger partial charge in [0.25, 0.3) is 0 Å². The number of aliphatic carboxylic acids is 1. The van der Waals surface area contributed by atoms with Crippen LogP contribution < -0.4 is 38.9 Å². The van der Waals surface area contributed by atoms with Gasteiger partial charge in [0.2, 0.25) is 23.6 Å². The van der Waals surface area contributed by atoms with Crippen LogP contribution in [0.25, 0.3) is 0 Å². The first-order valence-corrected chi connectivity index (χ1v) is 11.4. The molecule has 0 aliphatic heterocycles. The maximum absolute atomic E-state index is 13.0. The zero-order valence-electron chi connectivity index (χ0n) is 20.7. The maximum Gasteiger partial charge on any atom is 0.326 e. The van der Waals surface area contributed by atoms with E-state index in [2.05, 4.69) is 20.9 Å². The highest BCUT2D eigenvalue weighted by atomic mass is 16.4. The number of carbonyl (C=O) groups is 5. The second-order valence-electron chi connectivity index (χ2n) is 8.73. The average Bonchev–Trinajstić information content (AvgIpc) is 2.75. The van der Waals surface area contributed by atoms with Crippen molar-refractivity contribution in [2.75, 3.05) is 6.54 Å². The summed E-state index contributed by atoms with van der Waals surface area (Å²) in [4.78, 5) is 64.7. The van der Waals surface area contributed by atoms with Crippen LogP contribution >= 0.6 is 0 Å². The zero-order chi connectivity index (χ0) is 27.3. The fourth-order valence-electron chi connectivity index (χ4n) is 3.07. The SMILES string of the molecule is CCC(C)C(NC(=O)C(NC(=O)C(N)CC(N)=O)C(C)C)C(=O)NC(CCCN=C(N)N)C(=O)O. The van der Waals surface area contributed by atoms with Crippen LogP contribution in [0.4, 0.5) is 0 Å². The first-order chi connectivity index (χ1) is 16.2. The Bertz CT molecular complexity index is 784. The van der Waals surface area contributed by atoms with E-state index in [1.54, 1.807) is 20.8 Å². The Morgan fingerprint density at radius 1 is 0.886 bits per heavy atom. The lowest BCUT2D eigenvalue weighted by atomic mass is 9.96. The minimum Gasteiger partial charge on any atom is -0.480 e. The predicted molar refractivity (Wildman–Crippen MR) is 129 cm³/mol. The van der Waals surface area contributed by atoms with Gasteiger partial charge in [0.15, 0.2) is 5.96 Å². The fourth-order valence-corrected chi connectivity index (χ4v) is 3.07. The molecule has 0 rings (SSSR count). The number of rotatable bonds is 16. The number of nitrogens with zero attached hydrogens (tertiary/aromatic N) is 1. The smallest absolute Gasteiger partial charge is 0.326 e. The Balaban J connectivity index is 5.45. The largest absolute Gasteiger partial charge is 0.480 e.